The van der Waals surface area contributed by atoms with Gasteiger partial charge in [0, 0.05) is 6.61 Å². The minimum Gasteiger partial charge on any atom is -0.726 e. The van der Waals surface area contributed by atoms with Gasteiger partial charge in [0.05, 0.1) is 13.2 Å². The van der Waals surface area contributed by atoms with Gasteiger partial charge in [-0.1, -0.05) is 20.3 Å². The third-order valence-electron chi connectivity index (χ3n) is 1.55. The summed E-state index contributed by atoms with van der Waals surface area (Å²) in [6.45, 7) is 4.53. The van der Waals surface area contributed by atoms with Crippen LogP contribution in [0.4, 0.5) is 0 Å². The molecule has 80 valence electrons. The molecule has 0 aromatic carbocycles. The van der Waals surface area contributed by atoms with Gasteiger partial charge in [-0.2, -0.15) is 0 Å². The van der Waals surface area contributed by atoms with Crippen molar-refractivity contribution in [1.82, 2.24) is 0 Å². The SMILES string of the molecule is CCC(C)COCCOS(=O)(=O)[O-].[Na+]. The van der Waals surface area contributed by atoms with Crippen LogP contribution in [-0.2, 0) is 19.3 Å². The van der Waals surface area contributed by atoms with Gasteiger partial charge in [0.25, 0.3) is 0 Å². The normalized spacial score (nSPS) is 13.4. The first-order chi connectivity index (χ1) is 5.95. The van der Waals surface area contributed by atoms with Gasteiger partial charge in [-0.25, -0.2) is 8.42 Å². The van der Waals surface area contributed by atoms with E-state index in [0.717, 1.165) is 6.42 Å². The molecule has 0 saturated carbocycles. The van der Waals surface area contributed by atoms with Crippen LogP contribution in [0, 0.1) is 5.92 Å². The zero-order valence-corrected chi connectivity index (χ0v) is 11.7. The molecule has 0 amide bonds. The predicted octanol–water partition coefficient (Wildman–Crippen LogP) is -2.47. The van der Waals surface area contributed by atoms with E-state index in [9.17, 15) is 13.0 Å². The topological polar surface area (TPSA) is 75.7 Å². The van der Waals surface area contributed by atoms with Crippen LogP contribution in [0.25, 0.3) is 0 Å². The van der Waals surface area contributed by atoms with Gasteiger partial charge in [-0.05, 0) is 5.92 Å². The maximum atomic E-state index is 9.95. The molecule has 0 spiro atoms. The molecule has 0 bridgehead atoms. The fourth-order valence-electron chi connectivity index (χ4n) is 0.597. The molecular weight excluding hydrogens is 219 g/mol. The first kappa shape index (κ1) is 17.2. The standard InChI is InChI=1S/C7H16O5S.Na/c1-3-7(2)6-11-4-5-12-13(8,9)10;/h7H,3-6H2,1-2H3,(H,8,9,10);/q;+1/p-1. The summed E-state index contributed by atoms with van der Waals surface area (Å²) in [5.74, 6) is 0.434. The Labute approximate surface area is 107 Å². The Balaban J connectivity index is 0. The molecule has 0 N–H and O–H groups in total. The molecule has 14 heavy (non-hydrogen) atoms. The Morgan fingerprint density at radius 2 is 1.93 bits per heavy atom. The largest absolute Gasteiger partial charge is 1.00 e. The van der Waals surface area contributed by atoms with Gasteiger partial charge < -0.3 is 9.29 Å². The molecule has 0 rings (SSSR count). The molecular formula is C7H15NaO5S. The smallest absolute Gasteiger partial charge is 0.726 e. The van der Waals surface area contributed by atoms with Crippen molar-refractivity contribution < 1.29 is 51.4 Å². The fraction of sp³-hybridized carbons (Fsp3) is 1.00. The molecule has 1 atom stereocenters. The van der Waals surface area contributed by atoms with Crippen LogP contribution in [0.1, 0.15) is 20.3 Å². The maximum absolute atomic E-state index is 9.95. The van der Waals surface area contributed by atoms with E-state index in [4.69, 9.17) is 4.74 Å². The Kier molecular flexibility index (Phi) is 11.2. The van der Waals surface area contributed by atoms with E-state index < -0.39 is 10.4 Å². The van der Waals surface area contributed by atoms with Crippen LogP contribution in [0.3, 0.4) is 0 Å². The molecule has 0 aliphatic rings. The first-order valence-corrected chi connectivity index (χ1v) is 5.47. The van der Waals surface area contributed by atoms with Crippen molar-refractivity contribution in [3.63, 3.8) is 0 Å². The minimum absolute atomic E-state index is 0. The van der Waals surface area contributed by atoms with Crippen molar-refractivity contribution in [2.24, 2.45) is 5.92 Å². The van der Waals surface area contributed by atoms with E-state index in [2.05, 4.69) is 4.18 Å². The summed E-state index contributed by atoms with van der Waals surface area (Å²) < 4.78 is 38.8. The molecule has 0 radical (unpaired) electrons. The van der Waals surface area contributed by atoms with Gasteiger partial charge in [0.2, 0.25) is 10.4 Å². The average Bonchev–Trinajstić information content (AvgIpc) is 2.01. The predicted molar refractivity (Wildman–Crippen MR) is 45.9 cm³/mol. The molecule has 0 aromatic heterocycles. The van der Waals surface area contributed by atoms with E-state index in [1.54, 1.807) is 0 Å². The summed E-state index contributed by atoms with van der Waals surface area (Å²) in [7, 11) is -4.56. The summed E-state index contributed by atoms with van der Waals surface area (Å²) in [4.78, 5) is 0. The van der Waals surface area contributed by atoms with Crippen molar-refractivity contribution >= 4 is 10.4 Å². The fourth-order valence-corrected chi connectivity index (χ4v) is 0.870. The summed E-state index contributed by atoms with van der Waals surface area (Å²) >= 11 is 0. The number of rotatable bonds is 7. The van der Waals surface area contributed by atoms with Crippen LogP contribution < -0.4 is 29.6 Å². The van der Waals surface area contributed by atoms with E-state index in [1.165, 1.54) is 0 Å². The van der Waals surface area contributed by atoms with Gasteiger partial charge in [-0.15, -0.1) is 0 Å². The number of hydrogen-bond acceptors (Lipinski definition) is 5. The summed E-state index contributed by atoms with van der Waals surface area (Å²) in [6, 6.07) is 0. The zero-order valence-electron chi connectivity index (χ0n) is 8.86. The van der Waals surface area contributed by atoms with E-state index in [0.29, 0.717) is 12.5 Å². The molecule has 0 aliphatic carbocycles. The Bertz CT molecular complexity index is 216. The van der Waals surface area contributed by atoms with Gasteiger partial charge >= 0.3 is 29.6 Å². The number of ether oxygens (including phenoxy) is 1. The summed E-state index contributed by atoms with van der Waals surface area (Å²) in [6.07, 6.45) is 1.00. The second-order valence-corrected chi connectivity index (χ2v) is 3.87. The van der Waals surface area contributed by atoms with Crippen LogP contribution in [0.15, 0.2) is 0 Å². The van der Waals surface area contributed by atoms with E-state index in [-0.39, 0.29) is 42.8 Å². The maximum Gasteiger partial charge on any atom is 1.00 e. The second-order valence-electron chi connectivity index (χ2n) is 2.82. The number of hydrogen-bond donors (Lipinski definition) is 0. The van der Waals surface area contributed by atoms with Gasteiger partial charge in [0.15, 0.2) is 0 Å². The molecule has 0 fully saturated rings. The molecule has 7 heteroatoms. The Morgan fingerprint density at radius 3 is 2.36 bits per heavy atom. The Hall–Kier alpha value is 0.830. The van der Waals surface area contributed by atoms with E-state index >= 15 is 0 Å². The van der Waals surface area contributed by atoms with Crippen molar-refractivity contribution in [2.45, 2.75) is 20.3 Å². The van der Waals surface area contributed by atoms with Crippen LogP contribution in [0.2, 0.25) is 0 Å². The minimum atomic E-state index is -4.56. The summed E-state index contributed by atoms with van der Waals surface area (Å²) in [5.41, 5.74) is 0. The first-order valence-electron chi connectivity index (χ1n) is 4.13. The zero-order chi connectivity index (χ0) is 10.3. The third kappa shape index (κ3) is 12.8. The average molecular weight is 234 g/mol. The second kappa shape index (κ2) is 9.08. The summed E-state index contributed by atoms with van der Waals surface area (Å²) in [5, 5.41) is 0. The molecule has 0 heterocycles. The monoisotopic (exact) mass is 234 g/mol. The molecule has 0 aliphatic heterocycles. The van der Waals surface area contributed by atoms with Crippen LogP contribution in [0.5, 0.6) is 0 Å². The molecule has 0 aromatic rings. The van der Waals surface area contributed by atoms with Crippen LogP contribution >= 0.6 is 0 Å². The van der Waals surface area contributed by atoms with Crippen molar-refractivity contribution in [2.75, 3.05) is 19.8 Å². The Morgan fingerprint density at radius 1 is 1.36 bits per heavy atom. The van der Waals surface area contributed by atoms with Crippen molar-refractivity contribution in [3.8, 4) is 0 Å². The van der Waals surface area contributed by atoms with Crippen molar-refractivity contribution in [1.29, 1.82) is 0 Å². The van der Waals surface area contributed by atoms with Gasteiger partial charge in [0.1, 0.15) is 0 Å². The van der Waals surface area contributed by atoms with Crippen molar-refractivity contribution in [3.05, 3.63) is 0 Å². The molecule has 1 unspecified atom stereocenters. The third-order valence-corrected chi connectivity index (χ3v) is 2.01. The van der Waals surface area contributed by atoms with E-state index in [1.807, 2.05) is 13.8 Å². The molecule has 0 saturated heterocycles. The van der Waals surface area contributed by atoms with Crippen LogP contribution in [-0.4, -0.2) is 32.8 Å². The molecule has 5 nitrogen and oxygen atoms in total. The van der Waals surface area contributed by atoms with Gasteiger partial charge in [-0.3, -0.25) is 4.18 Å². The quantitative estimate of drug-likeness (QED) is 0.211.